The van der Waals surface area contributed by atoms with E-state index in [9.17, 15) is 4.39 Å². The molecular weight excluding hydrogens is 460 g/mol. The molecule has 0 unspecified atom stereocenters. The molecule has 0 amide bonds. The fourth-order valence-electron chi connectivity index (χ4n) is 3.57. The number of hydrogen-bond acceptors (Lipinski definition) is 3. The summed E-state index contributed by atoms with van der Waals surface area (Å²) < 4.78 is 24.3. The first kappa shape index (κ1) is 23.9. The fourth-order valence-corrected chi connectivity index (χ4v) is 3.57. The maximum absolute atomic E-state index is 13.8. The zero-order valence-electron chi connectivity index (χ0n) is 16.6. The zero-order chi connectivity index (χ0) is 18.8. The molecule has 1 fully saturated rings. The molecule has 2 N–H and O–H groups in total. The summed E-state index contributed by atoms with van der Waals surface area (Å²) in [6.07, 6.45) is 6.10. The van der Waals surface area contributed by atoms with Crippen molar-refractivity contribution >= 4 is 29.9 Å². The lowest BCUT2D eigenvalue weighted by atomic mass is 9.83. The smallest absolute Gasteiger partial charge is 0.191 e. The SMILES string of the molecule is CCOCCC1(CNC(=NC)NCc2ccc(OC)c(F)c2)CCCC1.I. The highest BCUT2D eigenvalue weighted by atomic mass is 127. The van der Waals surface area contributed by atoms with Gasteiger partial charge in [-0.25, -0.2) is 4.39 Å². The Kier molecular flexibility index (Phi) is 11.0. The molecule has 154 valence electrons. The molecule has 5 nitrogen and oxygen atoms in total. The van der Waals surface area contributed by atoms with E-state index in [0.29, 0.717) is 12.0 Å². The second kappa shape index (κ2) is 12.4. The van der Waals surface area contributed by atoms with E-state index in [1.807, 2.05) is 13.0 Å². The van der Waals surface area contributed by atoms with Gasteiger partial charge < -0.3 is 20.1 Å². The maximum Gasteiger partial charge on any atom is 0.191 e. The summed E-state index contributed by atoms with van der Waals surface area (Å²) in [4.78, 5) is 4.29. The van der Waals surface area contributed by atoms with Gasteiger partial charge in [-0.05, 0) is 49.3 Å². The van der Waals surface area contributed by atoms with Crippen molar-refractivity contribution in [2.45, 2.75) is 45.6 Å². The Labute approximate surface area is 179 Å². The third-order valence-corrected chi connectivity index (χ3v) is 5.18. The Hall–Kier alpha value is -1.09. The largest absolute Gasteiger partial charge is 0.494 e. The van der Waals surface area contributed by atoms with Gasteiger partial charge in [0.1, 0.15) is 0 Å². The summed E-state index contributed by atoms with van der Waals surface area (Å²) in [6, 6.07) is 4.98. The Morgan fingerprint density at radius 1 is 1.26 bits per heavy atom. The molecule has 1 aliphatic rings. The molecular formula is C20H33FIN3O2. The van der Waals surface area contributed by atoms with Crippen molar-refractivity contribution in [1.29, 1.82) is 0 Å². The van der Waals surface area contributed by atoms with Gasteiger partial charge in [0.2, 0.25) is 0 Å². The van der Waals surface area contributed by atoms with E-state index in [4.69, 9.17) is 9.47 Å². The number of ether oxygens (including phenoxy) is 2. The van der Waals surface area contributed by atoms with Crippen LogP contribution in [0.5, 0.6) is 5.75 Å². The van der Waals surface area contributed by atoms with Gasteiger partial charge >= 0.3 is 0 Å². The summed E-state index contributed by atoms with van der Waals surface area (Å²) in [6.45, 7) is 5.01. The van der Waals surface area contributed by atoms with Gasteiger partial charge in [-0.3, -0.25) is 4.99 Å². The number of aliphatic imine (C=N–C) groups is 1. The molecule has 7 heteroatoms. The van der Waals surface area contributed by atoms with Gasteiger partial charge in [0.05, 0.1) is 7.11 Å². The van der Waals surface area contributed by atoms with Crippen LogP contribution in [0.1, 0.15) is 44.6 Å². The van der Waals surface area contributed by atoms with E-state index in [0.717, 1.165) is 37.7 Å². The van der Waals surface area contributed by atoms with Gasteiger partial charge in [0.15, 0.2) is 17.5 Å². The van der Waals surface area contributed by atoms with E-state index in [1.165, 1.54) is 38.9 Å². The van der Waals surface area contributed by atoms with Crippen LogP contribution in [0.2, 0.25) is 0 Å². The molecule has 0 saturated heterocycles. The molecule has 0 atom stereocenters. The van der Waals surface area contributed by atoms with Crippen LogP contribution in [0, 0.1) is 11.2 Å². The first-order chi connectivity index (χ1) is 12.6. The van der Waals surface area contributed by atoms with Crippen LogP contribution in [0.15, 0.2) is 23.2 Å². The number of benzene rings is 1. The monoisotopic (exact) mass is 493 g/mol. The van der Waals surface area contributed by atoms with E-state index < -0.39 is 0 Å². The molecule has 1 aliphatic carbocycles. The Morgan fingerprint density at radius 2 is 2.00 bits per heavy atom. The minimum absolute atomic E-state index is 0. The number of nitrogens with zero attached hydrogens (tertiary/aromatic N) is 1. The minimum Gasteiger partial charge on any atom is -0.494 e. The second-order valence-electron chi connectivity index (χ2n) is 6.90. The Morgan fingerprint density at radius 3 is 2.59 bits per heavy atom. The number of hydrogen-bond donors (Lipinski definition) is 2. The quantitative estimate of drug-likeness (QED) is 0.236. The lowest BCUT2D eigenvalue weighted by Crippen LogP contribution is -2.43. The van der Waals surface area contributed by atoms with Crippen LogP contribution in [0.4, 0.5) is 4.39 Å². The maximum atomic E-state index is 13.8. The van der Waals surface area contributed by atoms with Crippen LogP contribution >= 0.6 is 24.0 Å². The molecule has 0 aliphatic heterocycles. The number of rotatable bonds is 9. The lowest BCUT2D eigenvalue weighted by molar-refractivity contribution is 0.105. The van der Waals surface area contributed by atoms with Crippen LogP contribution in [-0.4, -0.2) is 39.9 Å². The van der Waals surface area contributed by atoms with Crippen LogP contribution < -0.4 is 15.4 Å². The first-order valence-electron chi connectivity index (χ1n) is 9.47. The number of halogens is 2. The third-order valence-electron chi connectivity index (χ3n) is 5.18. The van der Waals surface area contributed by atoms with Crippen LogP contribution in [-0.2, 0) is 11.3 Å². The van der Waals surface area contributed by atoms with Crippen LogP contribution in [0.3, 0.4) is 0 Å². The highest BCUT2D eigenvalue weighted by Crippen LogP contribution is 2.40. The summed E-state index contributed by atoms with van der Waals surface area (Å²) in [5.74, 6) is 0.647. The molecule has 0 bridgehead atoms. The lowest BCUT2D eigenvalue weighted by Gasteiger charge is -2.30. The predicted molar refractivity (Wildman–Crippen MR) is 119 cm³/mol. The highest BCUT2D eigenvalue weighted by Gasteiger charge is 2.33. The normalized spacial score (nSPS) is 15.9. The van der Waals surface area contributed by atoms with Gasteiger partial charge in [0, 0.05) is 33.4 Å². The summed E-state index contributed by atoms with van der Waals surface area (Å²) in [7, 11) is 3.22. The topological polar surface area (TPSA) is 54.9 Å². The average Bonchev–Trinajstić information content (AvgIpc) is 3.11. The Bertz CT molecular complexity index is 593. The van der Waals surface area contributed by atoms with E-state index in [-0.39, 0.29) is 35.5 Å². The van der Waals surface area contributed by atoms with E-state index in [1.54, 1.807) is 13.1 Å². The third kappa shape index (κ3) is 7.44. The molecule has 2 rings (SSSR count). The molecule has 0 spiro atoms. The van der Waals surface area contributed by atoms with Crippen molar-refractivity contribution < 1.29 is 13.9 Å². The molecule has 1 saturated carbocycles. The molecule has 1 aromatic carbocycles. The summed E-state index contributed by atoms with van der Waals surface area (Å²) >= 11 is 0. The number of guanidine groups is 1. The van der Waals surface area contributed by atoms with Crippen molar-refractivity contribution in [2.24, 2.45) is 10.4 Å². The molecule has 0 radical (unpaired) electrons. The zero-order valence-corrected chi connectivity index (χ0v) is 19.0. The van der Waals surface area contributed by atoms with Crippen molar-refractivity contribution in [3.8, 4) is 5.75 Å². The molecule has 0 heterocycles. The van der Waals surface area contributed by atoms with Gasteiger partial charge in [-0.15, -0.1) is 24.0 Å². The van der Waals surface area contributed by atoms with Crippen molar-refractivity contribution in [3.63, 3.8) is 0 Å². The van der Waals surface area contributed by atoms with Crippen molar-refractivity contribution in [1.82, 2.24) is 10.6 Å². The fraction of sp³-hybridized carbons (Fsp3) is 0.650. The number of nitrogens with one attached hydrogen (secondary N) is 2. The minimum atomic E-state index is -0.351. The summed E-state index contributed by atoms with van der Waals surface area (Å²) in [5.41, 5.74) is 1.14. The molecule has 0 aromatic heterocycles. The van der Waals surface area contributed by atoms with Gasteiger partial charge in [0.25, 0.3) is 0 Å². The van der Waals surface area contributed by atoms with Crippen molar-refractivity contribution in [3.05, 3.63) is 29.6 Å². The average molecular weight is 493 g/mol. The Balaban J connectivity index is 0.00000364. The second-order valence-corrected chi connectivity index (χ2v) is 6.90. The predicted octanol–water partition coefficient (Wildman–Crippen LogP) is 4.10. The molecule has 1 aromatic rings. The standard InChI is InChI=1S/C20H32FN3O2.HI/c1-4-26-12-11-20(9-5-6-10-20)15-24-19(22-2)23-14-16-7-8-18(25-3)17(21)13-16;/h7-8,13H,4-6,9-12,14-15H2,1-3H3,(H2,22,23,24);1H. The number of methoxy groups -OCH3 is 1. The first-order valence-corrected chi connectivity index (χ1v) is 9.47. The molecule has 27 heavy (non-hydrogen) atoms. The van der Waals surface area contributed by atoms with E-state index >= 15 is 0 Å². The highest BCUT2D eigenvalue weighted by molar-refractivity contribution is 14.0. The van der Waals surface area contributed by atoms with E-state index in [2.05, 4.69) is 15.6 Å². The summed E-state index contributed by atoms with van der Waals surface area (Å²) in [5, 5.41) is 6.71. The van der Waals surface area contributed by atoms with Gasteiger partial charge in [-0.1, -0.05) is 18.9 Å². The van der Waals surface area contributed by atoms with Gasteiger partial charge in [-0.2, -0.15) is 0 Å². The van der Waals surface area contributed by atoms with Crippen LogP contribution in [0.25, 0.3) is 0 Å². The van der Waals surface area contributed by atoms with Crippen molar-refractivity contribution in [2.75, 3.05) is 33.9 Å².